The molecule has 0 N–H and O–H groups in total. The molecule has 5 heteroatoms. The minimum Gasteiger partial charge on any atom is -0.373 e. The van der Waals surface area contributed by atoms with Crippen LogP contribution in [0.15, 0.2) is 48.5 Å². The van der Waals surface area contributed by atoms with E-state index >= 15 is 0 Å². The number of rotatable bonds is 5. The Hall–Kier alpha value is -2.66. The van der Waals surface area contributed by atoms with E-state index in [0.717, 1.165) is 12.8 Å². The lowest BCUT2D eigenvalue weighted by Crippen LogP contribution is -2.19. The topological polar surface area (TPSA) is 9.23 Å². The van der Waals surface area contributed by atoms with Crippen LogP contribution in [0.2, 0.25) is 0 Å². The van der Waals surface area contributed by atoms with E-state index in [2.05, 4.69) is 6.92 Å². The molecule has 1 aliphatic rings. The van der Waals surface area contributed by atoms with Crippen molar-refractivity contribution in [2.75, 3.05) is 6.61 Å². The molecule has 0 radical (unpaired) electrons. The summed E-state index contributed by atoms with van der Waals surface area (Å²) in [6.45, 7) is 4.51. The van der Waals surface area contributed by atoms with Gasteiger partial charge < -0.3 is 4.74 Å². The zero-order valence-corrected chi connectivity index (χ0v) is 18.2. The number of aryl methyl sites for hydroxylation is 1. The normalized spacial score (nSPS) is 18.7. The van der Waals surface area contributed by atoms with E-state index in [0.29, 0.717) is 42.1 Å². The average Bonchev–Trinajstić information content (AvgIpc) is 2.80. The predicted molar refractivity (Wildman–Crippen MR) is 118 cm³/mol. The molecule has 1 aliphatic heterocycles. The number of hydrogen-bond donors (Lipinski definition) is 0. The van der Waals surface area contributed by atoms with Crippen LogP contribution in [0.3, 0.4) is 0 Å². The van der Waals surface area contributed by atoms with E-state index in [-0.39, 0.29) is 16.7 Å². The van der Waals surface area contributed by atoms with Crippen molar-refractivity contribution in [2.45, 2.75) is 45.6 Å². The molecule has 1 heterocycles. The third-order valence-electron chi connectivity index (χ3n) is 6.15. The maximum atomic E-state index is 14.9. The van der Waals surface area contributed by atoms with Gasteiger partial charge in [0.25, 0.3) is 0 Å². The average molecular weight is 442 g/mol. The number of hydrogen-bond acceptors (Lipinski definition) is 1. The van der Waals surface area contributed by atoms with Crippen molar-refractivity contribution in [1.82, 2.24) is 0 Å². The van der Waals surface area contributed by atoms with Gasteiger partial charge >= 0.3 is 0 Å². The van der Waals surface area contributed by atoms with Crippen LogP contribution in [-0.4, -0.2) is 6.61 Å². The first kappa shape index (κ1) is 22.5. The van der Waals surface area contributed by atoms with Gasteiger partial charge in [0.1, 0.15) is 0 Å². The van der Waals surface area contributed by atoms with Crippen LogP contribution in [0.5, 0.6) is 0 Å². The van der Waals surface area contributed by atoms with Crippen LogP contribution in [0.25, 0.3) is 22.3 Å². The van der Waals surface area contributed by atoms with Gasteiger partial charge in [0, 0.05) is 23.3 Å². The SMILES string of the molecule is CCCc1ccc(-c2ccc(-c3ccc(C4CCC(C)CO4)c(F)c3F)cc2)c(F)c1F. The molecule has 0 saturated carbocycles. The lowest BCUT2D eigenvalue weighted by molar-refractivity contribution is -0.0144. The van der Waals surface area contributed by atoms with Crippen molar-refractivity contribution >= 4 is 0 Å². The molecule has 2 unspecified atom stereocenters. The monoisotopic (exact) mass is 442 g/mol. The molecule has 1 fully saturated rings. The Kier molecular flexibility index (Phi) is 6.66. The minimum absolute atomic E-state index is 0.118. The highest BCUT2D eigenvalue weighted by molar-refractivity contribution is 5.71. The van der Waals surface area contributed by atoms with Crippen molar-refractivity contribution in [3.8, 4) is 22.3 Å². The Morgan fingerprint density at radius 3 is 1.91 bits per heavy atom. The highest BCUT2D eigenvalue weighted by atomic mass is 19.2. The molecule has 0 aromatic heterocycles. The highest BCUT2D eigenvalue weighted by Crippen LogP contribution is 2.36. The Morgan fingerprint density at radius 1 is 0.750 bits per heavy atom. The fourth-order valence-electron chi connectivity index (χ4n) is 4.27. The molecule has 0 bridgehead atoms. The molecule has 4 rings (SSSR count). The number of halogens is 4. The van der Waals surface area contributed by atoms with Gasteiger partial charge in [-0.15, -0.1) is 0 Å². The Balaban J connectivity index is 1.61. The first-order valence-electron chi connectivity index (χ1n) is 11.1. The smallest absolute Gasteiger partial charge is 0.167 e. The summed E-state index contributed by atoms with van der Waals surface area (Å²) in [5.74, 6) is -3.15. The minimum atomic E-state index is -0.932. The molecule has 32 heavy (non-hydrogen) atoms. The van der Waals surface area contributed by atoms with Crippen LogP contribution in [0.4, 0.5) is 17.6 Å². The maximum Gasteiger partial charge on any atom is 0.167 e. The van der Waals surface area contributed by atoms with Crippen molar-refractivity contribution < 1.29 is 22.3 Å². The summed E-state index contributed by atoms with van der Waals surface area (Å²) in [6.07, 6.45) is 2.31. The van der Waals surface area contributed by atoms with E-state index < -0.39 is 29.4 Å². The molecule has 3 aromatic carbocycles. The molecule has 0 amide bonds. The lowest BCUT2D eigenvalue weighted by atomic mass is 9.93. The molecule has 168 valence electrons. The Bertz CT molecular complexity index is 1100. The summed E-state index contributed by atoms with van der Waals surface area (Å²) < 4.78 is 64.3. The van der Waals surface area contributed by atoms with Gasteiger partial charge in [0.2, 0.25) is 0 Å². The summed E-state index contributed by atoms with van der Waals surface area (Å²) in [5.41, 5.74) is 1.76. The van der Waals surface area contributed by atoms with E-state index in [1.807, 2.05) is 6.92 Å². The van der Waals surface area contributed by atoms with Crippen molar-refractivity contribution in [3.05, 3.63) is 82.9 Å². The van der Waals surface area contributed by atoms with Crippen LogP contribution in [0, 0.1) is 29.2 Å². The second-order valence-electron chi connectivity index (χ2n) is 8.56. The van der Waals surface area contributed by atoms with Crippen LogP contribution in [0.1, 0.15) is 50.3 Å². The second kappa shape index (κ2) is 9.45. The predicted octanol–water partition coefficient (Wildman–Crippen LogP) is 8.02. The molecule has 3 aromatic rings. The van der Waals surface area contributed by atoms with Gasteiger partial charge in [-0.25, -0.2) is 17.6 Å². The first-order chi connectivity index (χ1) is 15.4. The van der Waals surface area contributed by atoms with Gasteiger partial charge in [0.05, 0.1) is 6.10 Å². The largest absolute Gasteiger partial charge is 0.373 e. The molecular formula is C27H26F4O. The molecule has 0 spiro atoms. The summed E-state index contributed by atoms with van der Waals surface area (Å²) >= 11 is 0. The van der Waals surface area contributed by atoms with Gasteiger partial charge in [0.15, 0.2) is 23.3 Å². The first-order valence-corrected chi connectivity index (χ1v) is 11.1. The Labute approximate surface area is 186 Å². The van der Waals surface area contributed by atoms with Crippen molar-refractivity contribution in [1.29, 1.82) is 0 Å². The van der Waals surface area contributed by atoms with Crippen molar-refractivity contribution in [2.24, 2.45) is 5.92 Å². The summed E-state index contributed by atoms with van der Waals surface area (Å²) in [6, 6.07) is 12.6. The maximum absolute atomic E-state index is 14.9. The highest BCUT2D eigenvalue weighted by Gasteiger charge is 2.26. The van der Waals surface area contributed by atoms with E-state index in [4.69, 9.17) is 4.74 Å². The van der Waals surface area contributed by atoms with Gasteiger partial charge in [-0.2, -0.15) is 0 Å². The van der Waals surface area contributed by atoms with E-state index in [1.165, 1.54) is 0 Å². The quantitative estimate of drug-likeness (QED) is 0.364. The third kappa shape index (κ3) is 4.31. The number of ether oxygens (including phenoxy) is 1. The molecule has 1 nitrogen and oxygen atoms in total. The van der Waals surface area contributed by atoms with E-state index in [1.54, 1.807) is 48.5 Å². The van der Waals surface area contributed by atoms with Crippen LogP contribution in [-0.2, 0) is 11.2 Å². The second-order valence-corrected chi connectivity index (χ2v) is 8.56. The third-order valence-corrected chi connectivity index (χ3v) is 6.15. The summed E-state index contributed by atoms with van der Waals surface area (Å²) in [7, 11) is 0. The Morgan fingerprint density at radius 2 is 1.34 bits per heavy atom. The zero-order valence-electron chi connectivity index (χ0n) is 18.2. The molecular weight excluding hydrogens is 416 g/mol. The van der Waals surface area contributed by atoms with E-state index in [9.17, 15) is 17.6 Å². The lowest BCUT2D eigenvalue weighted by Gasteiger charge is -2.27. The molecule has 2 atom stereocenters. The number of benzene rings is 3. The van der Waals surface area contributed by atoms with Gasteiger partial charge in [-0.3, -0.25) is 0 Å². The summed E-state index contributed by atoms with van der Waals surface area (Å²) in [5, 5.41) is 0. The fourth-order valence-corrected chi connectivity index (χ4v) is 4.27. The van der Waals surface area contributed by atoms with Crippen molar-refractivity contribution in [3.63, 3.8) is 0 Å². The zero-order chi connectivity index (χ0) is 22.8. The van der Waals surface area contributed by atoms with Gasteiger partial charge in [-0.05, 0) is 41.9 Å². The standard InChI is InChI=1S/C27H26F4O/c1-3-4-19-10-11-20(25(29)24(19)28)17-6-8-18(9-7-17)21-12-13-22(27(31)26(21)30)23-14-5-16(2)15-32-23/h6-13,16,23H,3-5,14-15H2,1-2H3. The van der Waals surface area contributed by atoms with Gasteiger partial charge in [-0.1, -0.05) is 68.8 Å². The van der Waals surface area contributed by atoms with Crippen LogP contribution < -0.4 is 0 Å². The molecule has 1 saturated heterocycles. The summed E-state index contributed by atoms with van der Waals surface area (Å²) in [4.78, 5) is 0. The fraction of sp³-hybridized carbons (Fsp3) is 0.333. The molecule has 0 aliphatic carbocycles. The van der Waals surface area contributed by atoms with Crippen LogP contribution >= 0.6 is 0 Å².